The standard InChI is InChI=1S/C11H14N4OS/c1-7(5-9-3-4-17-6-9)12-11(16)10-13-8(2)14-15-10/h3-4,6-7H,5H2,1-2H3,(H,12,16)(H,13,14,15). The van der Waals surface area contributed by atoms with Gasteiger partial charge in [0.2, 0.25) is 5.82 Å². The summed E-state index contributed by atoms with van der Waals surface area (Å²) in [5.41, 5.74) is 1.23. The maximum absolute atomic E-state index is 11.7. The topological polar surface area (TPSA) is 70.7 Å². The molecule has 0 saturated carbocycles. The van der Waals surface area contributed by atoms with Crippen LogP contribution in [0, 0.1) is 6.92 Å². The molecule has 2 heterocycles. The van der Waals surface area contributed by atoms with E-state index in [0.717, 1.165) is 6.42 Å². The summed E-state index contributed by atoms with van der Waals surface area (Å²) in [6, 6.07) is 2.13. The summed E-state index contributed by atoms with van der Waals surface area (Å²) in [6.07, 6.45) is 0.818. The summed E-state index contributed by atoms with van der Waals surface area (Å²) in [5, 5.41) is 13.4. The van der Waals surface area contributed by atoms with Gasteiger partial charge >= 0.3 is 0 Å². The molecule has 1 atom stereocenters. The Hall–Kier alpha value is -1.69. The van der Waals surface area contributed by atoms with Crippen molar-refractivity contribution in [3.8, 4) is 0 Å². The molecule has 1 amide bonds. The maximum atomic E-state index is 11.7. The molecule has 90 valence electrons. The Kier molecular flexibility index (Phi) is 3.53. The van der Waals surface area contributed by atoms with Gasteiger partial charge in [-0.3, -0.25) is 9.89 Å². The first-order chi connectivity index (χ1) is 8.15. The van der Waals surface area contributed by atoms with Crippen molar-refractivity contribution in [3.63, 3.8) is 0 Å². The maximum Gasteiger partial charge on any atom is 0.291 e. The molecule has 0 spiro atoms. The number of carbonyl (C=O) groups is 1. The van der Waals surface area contributed by atoms with Crippen molar-refractivity contribution < 1.29 is 4.79 Å². The van der Waals surface area contributed by atoms with Crippen LogP contribution in [0.5, 0.6) is 0 Å². The summed E-state index contributed by atoms with van der Waals surface area (Å²) in [7, 11) is 0. The second-order valence-corrected chi connectivity index (χ2v) is 4.73. The molecule has 0 radical (unpaired) electrons. The normalized spacial score (nSPS) is 12.4. The Morgan fingerprint density at radius 1 is 1.65 bits per heavy atom. The molecule has 0 saturated heterocycles. The molecule has 0 aliphatic rings. The fraction of sp³-hybridized carbons (Fsp3) is 0.364. The van der Waals surface area contributed by atoms with Gasteiger partial charge in [-0.15, -0.1) is 5.10 Å². The Labute approximate surface area is 103 Å². The predicted molar refractivity (Wildman–Crippen MR) is 66.1 cm³/mol. The number of nitrogens with zero attached hydrogens (tertiary/aromatic N) is 2. The fourth-order valence-electron chi connectivity index (χ4n) is 1.55. The van der Waals surface area contributed by atoms with Crippen LogP contribution in [0.3, 0.4) is 0 Å². The highest BCUT2D eigenvalue weighted by Gasteiger charge is 2.14. The first-order valence-electron chi connectivity index (χ1n) is 5.36. The largest absolute Gasteiger partial charge is 0.346 e. The average Bonchev–Trinajstić information content (AvgIpc) is 2.89. The number of aromatic amines is 1. The molecular weight excluding hydrogens is 236 g/mol. The van der Waals surface area contributed by atoms with E-state index >= 15 is 0 Å². The highest BCUT2D eigenvalue weighted by molar-refractivity contribution is 7.07. The number of amides is 1. The zero-order valence-electron chi connectivity index (χ0n) is 9.73. The van der Waals surface area contributed by atoms with Crippen LogP contribution >= 0.6 is 11.3 Å². The van der Waals surface area contributed by atoms with Gasteiger partial charge in [0.05, 0.1) is 0 Å². The lowest BCUT2D eigenvalue weighted by Gasteiger charge is -2.11. The van der Waals surface area contributed by atoms with Gasteiger partial charge in [-0.05, 0) is 42.7 Å². The Bertz CT molecular complexity index is 491. The van der Waals surface area contributed by atoms with Crippen LogP contribution in [-0.4, -0.2) is 27.1 Å². The van der Waals surface area contributed by atoms with E-state index in [-0.39, 0.29) is 17.8 Å². The molecule has 5 nitrogen and oxygen atoms in total. The zero-order chi connectivity index (χ0) is 12.3. The summed E-state index contributed by atoms with van der Waals surface area (Å²) >= 11 is 1.66. The van der Waals surface area contributed by atoms with Crippen LogP contribution in [0.1, 0.15) is 28.9 Å². The summed E-state index contributed by atoms with van der Waals surface area (Å²) in [5.74, 6) is 0.595. The van der Waals surface area contributed by atoms with Crippen molar-refractivity contribution in [1.82, 2.24) is 20.5 Å². The van der Waals surface area contributed by atoms with E-state index in [1.165, 1.54) is 5.56 Å². The van der Waals surface area contributed by atoms with Crippen molar-refractivity contribution >= 4 is 17.2 Å². The Morgan fingerprint density at radius 2 is 2.47 bits per heavy atom. The van der Waals surface area contributed by atoms with E-state index in [1.54, 1.807) is 18.3 Å². The lowest BCUT2D eigenvalue weighted by atomic mass is 10.1. The molecule has 0 fully saturated rings. The van der Waals surface area contributed by atoms with E-state index in [4.69, 9.17) is 0 Å². The molecule has 2 aromatic rings. The van der Waals surface area contributed by atoms with Crippen LogP contribution in [0.2, 0.25) is 0 Å². The quantitative estimate of drug-likeness (QED) is 0.864. The van der Waals surface area contributed by atoms with Gasteiger partial charge in [0.15, 0.2) is 0 Å². The van der Waals surface area contributed by atoms with E-state index in [2.05, 4.69) is 31.9 Å². The van der Waals surface area contributed by atoms with Gasteiger partial charge in [-0.25, -0.2) is 4.98 Å². The first-order valence-corrected chi connectivity index (χ1v) is 6.30. The average molecular weight is 250 g/mol. The van der Waals surface area contributed by atoms with Gasteiger partial charge < -0.3 is 5.32 Å². The van der Waals surface area contributed by atoms with E-state index in [0.29, 0.717) is 5.82 Å². The van der Waals surface area contributed by atoms with Crippen LogP contribution in [0.4, 0.5) is 0 Å². The first kappa shape index (κ1) is 11.8. The van der Waals surface area contributed by atoms with Crippen molar-refractivity contribution in [2.45, 2.75) is 26.3 Å². The third-order valence-corrected chi connectivity index (χ3v) is 3.03. The number of thiophene rings is 1. The molecule has 0 aromatic carbocycles. The predicted octanol–water partition coefficient (Wildman–Crippen LogP) is 1.54. The smallest absolute Gasteiger partial charge is 0.291 e. The number of rotatable bonds is 4. The number of nitrogens with one attached hydrogen (secondary N) is 2. The van der Waals surface area contributed by atoms with Crippen LogP contribution in [0.25, 0.3) is 0 Å². The van der Waals surface area contributed by atoms with Crippen molar-refractivity contribution in [3.05, 3.63) is 34.0 Å². The summed E-state index contributed by atoms with van der Waals surface area (Å²) in [6.45, 7) is 3.73. The van der Waals surface area contributed by atoms with Crippen molar-refractivity contribution in [2.75, 3.05) is 0 Å². The zero-order valence-corrected chi connectivity index (χ0v) is 10.5. The lowest BCUT2D eigenvalue weighted by molar-refractivity contribution is 0.0930. The van der Waals surface area contributed by atoms with Crippen molar-refractivity contribution in [1.29, 1.82) is 0 Å². The molecular formula is C11H14N4OS. The molecule has 0 aliphatic heterocycles. The molecule has 6 heteroatoms. The van der Waals surface area contributed by atoms with Crippen LogP contribution in [-0.2, 0) is 6.42 Å². The summed E-state index contributed by atoms with van der Waals surface area (Å²) < 4.78 is 0. The van der Waals surface area contributed by atoms with Gasteiger partial charge in [-0.1, -0.05) is 0 Å². The van der Waals surface area contributed by atoms with Gasteiger partial charge in [0.1, 0.15) is 5.82 Å². The third kappa shape index (κ3) is 3.13. The second kappa shape index (κ2) is 5.09. The van der Waals surface area contributed by atoms with Crippen LogP contribution < -0.4 is 5.32 Å². The highest BCUT2D eigenvalue weighted by atomic mass is 32.1. The van der Waals surface area contributed by atoms with Crippen molar-refractivity contribution in [2.24, 2.45) is 0 Å². The number of hydrogen-bond donors (Lipinski definition) is 2. The van der Waals surface area contributed by atoms with Crippen LogP contribution in [0.15, 0.2) is 16.8 Å². The van der Waals surface area contributed by atoms with E-state index in [1.807, 2.05) is 12.3 Å². The molecule has 2 aromatic heterocycles. The minimum absolute atomic E-state index is 0.0657. The van der Waals surface area contributed by atoms with Gasteiger partial charge in [0, 0.05) is 6.04 Å². The van der Waals surface area contributed by atoms with E-state index in [9.17, 15) is 4.79 Å². The molecule has 2 rings (SSSR count). The molecule has 0 bridgehead atoms. The van der Waals surface area contributed by atoms with Gasteiger partial charge in [0.25, 0.3) is 5.91 Å². The number of H-pyrrole nitrogens is 1. The second-order valence-electron chi connectivity index (χ2n) is 3.95. The molecule has 0 aliphatic carbocycles. The third-order valence-electron chi connectivity index (χ3n) is 2.30. The fourth-order valence-corrected chi connectivity index (χ4v) is 2.23. The minimum Gasteiger partial charge on any atom is -0.346 e. The molecule has 17 heavy (non-hydrogen) atoms. The number of aryl methyl sites for hydroxylation is 1. The molecule has 1 unspecified atom stereocenters. The number of hydrogen-bond acceptors (Lipinski definition) is 4. The Morgan fingerprint density at radius 3 is 3.06 bits per heavy atom. The van der Waals surface area contributed by atoms with E-state index < -0.39 is 0 Å². The Balaban J connectivity index is 1.90. The van der Waals surface area contributed by atoms with Gasteiger partial charge in [-0.2, -0.15) is 11.3 Å². The lowest BCUT2D eigenvalue weighted by Crippen LogP contribution is -2.34. The number of aromatic nitrogens is 3. The minimum atomic E-state index is -0.239. The molecule has 2 N–H and O–H groups in total. The number of carbonyl (C=O) groups excluding carboxylic acids is 1. The highest BCUT2D eigenvalue weighted by Crippen LogP contribution is 2.08. The summed E-state index contributed by atoms with van der Waals surface area (Å²) in [4.78, 5) is 15.7. The monoisotopic (exact) mass is 250 g/mol. The SMILES string of the molecule is Cc1nc(C(=O)NC(C)Cc2ccsc2)n[nH]1.